The number of hydrogen-bond donors (Lipinski definition) is 1. The highest BCUT2D eigenvalue weighted by Crippen LogP contribution is 2.30. The van der Waals surface area contributed by atoms with Crippen molar-refractivity contribution >= 4 is 11.6 Å². The lowest BCUT2D eigenvalue weighted by Gasteiger charge is -2.14. The van der Waals surface area contributed by atoms with Crippen molar-refractivity contribution in [2.24, 2.45) is 0 Å². The molecule has 0 spiro atoms. The van der Waals surface area contributed by atoms with E-state index in [1.165, 1.54) is 5.56 Å². The maximum Gasteiger partial charge on any atom is 0.161 e. The third kappa shape index (κ3) is 6.81. The largest absolute Gasteiger partial charge is 0.493 e. The molecule has 0 aromatic heterocycles. The minimum absolute atomic E-state index is 0.434. The molecule has 0 amide bonds. The molecule has 3 rings (SSSR count). The van der Waals surface area contributed by atoms with Gasteiger partial charge in [0.15, 0.2) is 23.0 Å². The van der Waals surface area contributed by atoms with Crippen LogP contribution >= 0.6 is 11.6 Å². The van der Waals surface area contributed by atoms with Gasteiger partial charge in [0.05, 0.1) is 20.8 Å². The molecule has 1 N–H and O–H groups in total. The predicted octanol–water partition coefficient (Wildman–Crippen LogP) is 5.67. The van der Waals surface area contributed by atoms with Gasteiger partial charge in [-0.1, -0.05) is 35.9 Å². The van der Waals surface area contributed by atoms with E-state index in [0.29, 0.717) is 18.2 Å². The van der Waals surface area contributed by atoms with Crippen LogP contribution in [0.25, 0.3) is 0 Å². The summed E-state index contributed by atoms with van der Waals surface area (Å²) < 4.78 is 22.5. The van der Waals surface area contributed by atoms with Gasteiger partial charge in [-0.05, 0) is 73.0 Å². The Bertz CT molecular complexity index is 1010. The molecular formula is C26H30ClNO4. The van der Waals surface area contributed by atoms with E-state index >= 15 is 0 Å². The summed E-state index contributed by atoms with van der Waals surface area (Å²) in [4.78, 5) is 0. The molecule has 32 heavy (non-hydrogen) atoms. The summed E-state index contributed by atoms with van der Waals surface area (Å²) in [5.41, 5.74) is 3.34. The molecule has 0 unspecified atom stereocenters. The standard InChI is InChI=1S/C26H30ClNO4/c1-4-31-26-16-20(9-11-24(26)32-18-21-6-5-7-22(27)14-21)17-28-13-12-19-8-10-23(29-2)25(15-19)30-3/h5-11,14-16,28H,4,12-13,17-18H2,1-3H3. The van der Waals surface area contributed by atoms with Crippen molar-refractivity contribution in [3.63, 3.8) is 0 Å². The maximum absolute atomic E-state index is 6.06. The number of halogens is 1. The van der Waals surface area contributed by atoms with E-state index in [1.54, 1.807) is 14.2 Å². The second-order valence-corrected chi connectivity index (χ2v) is 7.69. The Labute approximate surface area is 195 Å². The molecule has 5 nitrogen and oxygen atoms in total. The highest BCUT2D eigenvalue weighted by Gasteiger charge is 2.08. The van der Waals surface area contributed by atoms with Gasteiger partial charge >= 0.3 is 0 Å². The molecule has 170 valence electrons. The zero-order chi connectivity index (χ0) is 22.8. The summed E-state index contributed by atoms with van der Waals surface area (Å²) in [5, 5.41) is 4.19. The van der Waals surface area contributed by atoms with Gasteiger partial charge in [-0.25, -0.2) is 0 Å². The van der Waals surface area contributed by atoms with Crippen molar-refractivity contribution < 1.29 is 18.9 Å². The Morgan fingerprint density at radius 2 is 1.50 bits per heavy atom. The Hall–Kier alpha value is -2.89. The van der Waals surface area contributed by atoms with Gasteiger partial charge in [-0.2, -0.15) is 0 Å². The van der Waals surface area contributed by atoms with E-state index in [2.05, 4.69) is 17.4 Å². The quantitative estimate of drug-likeness (QED) is 0.357. The van der Waals surface area contributed by atoms with Crippen LogP contribution in [0.2, 0.25) is 5.02 Å². The molecule has 0 saturated heterocycles. The Morgan fingerprint density at radius 1 is 0.750 bits per heavy atom. The molecule has 0 bridgehead atoms. The van der Waals surface area contributed by atoms with Crippen LogP contribution in [-0.4, -0.2) is 27.4 Å². The lowest BCUT2D eigenvalue weighted by molar-refractivity contribution is 0.269. The van der Waals surface area contributed by atoms with E-state index < -0.39 is 0 Å². The van der Waals surface area contributed by atoms with Gasteiger partial charge in [0.2, 0.25) is 0 Å². The number of methoxy groups -OCH3 is 2. The summed E-state index contributed by atoms with van der Waals surface area (Å²) in [5.74, 6) is 2.96. The Kier molecular flexibility index (Phi) is 9.08. The fraction of sp³-hybridized carbons (Fsp3) is 0.308. The van der Waals surface area contributed by atoms with Crippen molar-refractivity contribution in [1.82, 2.24) is 5.32 Å². The van der Waals surface area contributed by atoms with Gasteiger partial charge in [-0.3, -0.25) is 0 Å². The molecule has 0 aliphatic carbocycles. The number of nitrogens with one attached hydrogen (secondary N) is 1. The van der Waals surface area contributed by atoms with Gasteiger partial charge in [0.25, 0.3) is 0 Å². The smallest absolute Gasteiger partial charge is 0.161 e. The molecule has 0 radical (unpaired) electrons. The maximum atomic E-state index is 6.06. The number of rotatable bonds is 12. The molecule has 3 aromatic carbocycles. The first kappa shape index (κ1) is 23.8. The molecular weight excluding hydrogens is 426 g/mol. The van der Waals surface area contributed by atoms with Crippen LogP contribution < -0.4 is 24.3 Å². The normalized spacial score (nSPS) is 10.6. The van der Waals surface area contributed by atoms with E-state index in [1.807, 2.05) is 55.5 Å². The van der Waals surface area contributed by atoms with Crippen LogP contribution in [0.1, 0.15) is 23.6 Å². The van der Waals surface area contributed by atoms with Crippen LogP contribution in [0.15, 0.2) is 60.7 Å². The average molecular weight is 456 g/mol. The molecule has 6 heteroatoms. The van der Waals surface area contributed by atoms with E-state index in [0.717, 1.165) is 53.6 Å². The summed E-state index contributed by atoms with van der Waals surface area (Å²) in [6, 6.07) is 19.7. The topological polar surface area (TPSA) is 49.0 Å². The molecule has 0 atom stereocenters. The van der Waals surface area contributed by atoms with Gasteiger partial charge in [0.1, 0.15) is 6.61 Å². The fourth-order valence-electron chi connectivity index (χ4n) is 3.34. The van der Waals surface area contributed by atoms with Crippen LogP contribution in [0.5, 0.6) is 23.0 Å². The van der Waals surface area contributed by atoms with Crippen molar-refractivity contribution in [2.75, 3.05) is 27.4 Å². The first-order chi connectivity index (χ1) is 15.6. The third-order valence-electron chi connectivity index (χ3n) is 4.96. The monoisotopic (exact) mass is 455 g/mol. The molecule has 0 aliphatic rings. The van der Waals surface area contributed by atoms with Crippen LogP contribution in [-0.2, 0) is 19.6 Å². The number of hydrogen-bond acceptors (Lipinski definition) is 5. The molecule has 0 saturated carbocycles. The zero-order valence-corrected chi connectivity index (χ0v) is 19.6. The second-order valence-electron chi connectivity index (χ2n) is 7.25. The lowest BCUT2D eigenvalue weighted by atomic mass is 10.1. The van der Waals surface area contributed by atoms with Crippen LogP contribution in [0, 0.1) is 0 Å². The summed E-state index contributed by atoms with van der Waals surface area (Å²) in [6.45, 7) is 4.55. The summed E-state index contributed by atoms with van der Waals surface area (Å²) >= 11 is 6.06. The average Bonchev–Trinajstić information content (AvgIpc) is 2.81. The van der Waals surface area contributed by atoms with E-state index in [-0.39, 0.29) is 0 Å². The summed E-state index contributed by atoms with van der Waals surface area (Å²) in [6.07, 6.45) is 0.888. The first-order valence-corrected chi connectivity index (χ1v) is 11.0. The Balaban J connectivity index is 1.54. The summed E-state index contributed by atoms with van der Waals surface area (Å²) in [7, 11) is 3.29. The van der Waals surface area contributed by atoms with Crippen molar-refractivity contribution in [3.05, 3.63) is 82.4 Å². The SMILES string of the molecule is CCOc1cc(CNCCc2ccc(OC)c(OC)c2)ccc1OCc1cccc(Cl)c1. The highest BCUT2D eigenvalue weighted by atomic mass is 35.5. The van der Waals surface area contributed by atoms with Crippen molar-refractivity contribution in [3.8, 4) is 23.0 Å². The first-order valence-electron chi connectivity index (χ1n) is 10.7. The minimum Gasteiger partial charge on any atom is -0.493 e. The fourth-order valence-corrected chi connectivity index (χ4v) is 3.55. The van der Waals surface area contributed by atoms with Crippen molar-refractivity contribution in [1.29, 1.82) is 0 Å². The predicted molar refractivity (Wildman–Crippen MR) is 128 cm³/mol. The highest BCUT2D eigenvalue weighted by molar-refractivity contribution is 6.30. The van der Waals surface area contributed by atoms with Gasteiger partial charge < -0.3 is 24.3 Å². The van der Waals surface area contributed by atoms with Crippen LogP contribution in [0.3, 0.4) is 0 Å². The zero-order valence-electron chi connectivity index (χ0n) is 18.8. The third-order valence-corrected chi connectivity index (χ3v) is 5.19. The Morgan fingerprint density at radius 3 is 2.25 bits per heavy atom. The van der Waals surface area contributed by atoms with Crippen molar-refractivity contribution in [2.45, 2.75) is 26.5 Å². The van der Waals surface area contributed by atoms with E-state index in [4.69, 9.17) is 30.5 Å². The second kappa shape index (κ2) is 12.2. The van der Waals surface area contributed by atoms with Gasteiger partial charge in [-0.15, -0.1) is 0 Å². The molecule has 0 heterocycles. The molecule has 3 aromatic rings. The molecule has 0 aliphatic heterocycles. The number of benzene rings is 3. The minimum atomic E-state index is 0.434. The van der Waals surface area contributed by atoms with Gasteiger partial charge in [0, 0.05) is 11.6 Å². The lowest BCUT2D eigenvalue weighted by Crippen LogP contribution is -2.16. The van der Waals surface area contributed by atoms with Crippen LogP contribution in [0.4, 0.5) is 0 Å². The number of ether oxygens (including phenoxy) is 4. The van der Waals surface area contributed by atoms with E-state index in [9.17, 15) is 0 Å². The molecule has 0 fully saturated rings.